The number of likely N-dealkylation sites (N-methyl/N-ethyl adjacent to an activating group) is 1. The van der Waals surface area contributed by atoms with Crippen molar-refractivity contribution in [2.75, 3.05) is 26.8 Å². The summed E-state index contributed by atoms with van der Waals surface area (Å²) < 4.78 is 62.7. The zero-order valence-corrected chi connectivity index (χ0v) is 16.8. The molecule has 0 N–H and O–H groups in total. The van der Waals surface area contributed by atoms with Gasteiger partial charge in [0.05, 0.1) is 10.9 Å². The van der Waals surface area contributed by atoms with E-state index in [1.165, 1.54) is 0 Å². The van der Waals surface area contributed by atoms with Gasteiger partial charge in [0.25, 0.3) is 0 Å². The number of halogens is 5. The SMILES string of the molecule is CCCC1(COc2nc(OCC(F)(F)F)c3cnc(Cl)c(F)c3n2)CCCN1C. The van der Waals surface area contributed by atoms with Crippen LogP contribution in [0.4, 0.5) is 17.6 Å². The third-order valence-electron chi connectivity index (χ3n) is 5.09. The molecule has 3 heterocycles. The summed E-state index contributed by atoms with van der Waals surface area (Å²) in [6.45, 7) is 1.61. The molecule has 11 heteroatoms. The van der Waals surface area contributed by atoms with E-state index in [4.69, 9.17) is 21.1 Å². The molecule has 1 atom stereocenters. The molecular formula is C18H21ClF4N4O2. The van der Waals surface area contributed by atoms with Gasteiger partial charge in [-0.3, -0.25) is 4.90 Å². The van der Waals surface area contributed by atoms with Crippen molar-refractivity contribution in [1.29, 1.82) is 0 Å². The molecule has 0 amide bonds. The molecule has 0 aliphatic carbocycles. The maximum Gasteiger partial charge on any atom is 0.422 e. The highest BCUT2D eigenvalue weighted by atomic mass is 35.5. The van der Waals surface area contributed by atoms with E-state index in [0.29, 0.717) is 0 Å². The van der Waals surface area contributed by atoms with E-state index < -0.39 is 29.6 Å². The van der Waals surface area contributed by atoms with Gasteiger partial charge in [0.1, 0.15) is 12.1 Å². The Kier molecular flexibility index (Phi) is 6.33. The summed E-state index contributed by atoms with van der Waals surface area (Å²) in [4.78, 5) is 13.7. The van der Waals surface area contributed by atoms with E-state index in [1.54, 1.807) is 0 Å². The lowest BCUT2D eigenvalue weighted by Gasteiger charge is -2.35. The van der Waals surface area contributed by atoms with Crippen molar-refractivity contribution in [3.63, 3.8) is 0 Å². The summed E-state index contributed by atoms with van der Waals surface area (Å²) in [5, 5.41) is -0.577. The Hall–Kier alpha value is -1.94. The van der Waals surface area contributed by atoms with Crippen molar-refractivity contribution < 1.29 is 27.0 Å². The fourth-order valence-electron chi connectivity index (χ4n) is 3.62. The van der Waals surface area contributed by atoms with Crippen molar-refractivity contribution in [3.8, 4) is 11.9 Å². The molecule has 1 unspecified atom stereocenters. The van der Waals surface area contributed by atoms with Gasteiger partial charge in [-0.15, -0.1) is 0 Å². The minimum Gasteiger partial charge on any atom is -0.467 e. The first kappa shape index (κ1) is 21.8. The molecule has 1 aliphatic rings. The Balaban J connectivity index is 1.93. The molecular weight excluding hydrogens is 416 g/mol. The number of ether oxygens (including phenoxy) is 2. The summed E-state index contributed by atoms with van der Waals surface area (Å²) >= 11 is 5.69. The van der Waals surface area contributed by atoms with Crippen LogP contribution in [0.1, 0.15) is 32.6 Å². The summed E-state index contributed by atoms with van der Waals surface area (Å²) in [5.74, 6) is -1.44. The number of likely N-dealkylation sites (tertiary alicyclic amines) is 1. The maximum absolute atomic E-state index is 14.4. The molecule has 1 aliphatic heterocycles. The van der Waals surface area contributed by atoms with Crippen LogP contribution in [0.15, 0.2) is 6.20 Å². The zero-order valence-electron chi connectivity index (χ0n) is 16.0. The highest BCUT2D eigenvalue weighted by Gasteiger charge is 2.39. The van der Waals surface area contributed by atoms with E-state index in [0.717, 1.165) is 38.4 Å². The number of pyridine rings is 1. The second-order valence-electron chi connectivity index (χ2n) is 7.13. The lowest BCUT2D eigenvalue weighted by Crippen LogP contribution is -2.46. The van der Waals surface area contributed by atoms with Crippen molar-refractivity contribution >= 4 is 22.5 Å². The molecule has 2 aromatic heterocycles. The number of hydrogen-bond acceptors (Lipinski definition) is 6. The van der Waals surface area contributed by atoms with E-state index in [2.05, 4.69) is 26.8 Å². The molecule has 1 fully saturated rings. The Morgan fingerprint density at radius 2 is 2.03 bits per heavy atom. The number of fused-ring (bicyclic) bond motifs is 1. The highest BCUT2D eigenvalue weighted by Crippen LogP contribution is 2.34. The van der Waals surface area contributed by atoms with E-state index in [9.17, 15) is 17.6 Å². The van der Waals surface area contributed by atoms with Crippen LogP contribution in [0.3, 0.4) is 0 Å². The van der Waals surface area contributed by atoms with Gasteiger partial charge in [0.2, 0.25) is 5.88 Å². The molecule has 6 nitrogen and oxygen atoms in total. The van der Waals surface area contributed by atoms with Crippen molar-refractivity contribution in [2.24, 2.45) is 0 Å². The van der Waals surface area contributed by atoms with Gasteiger partial charge < -0.3 is 9.47 Å². The van der Waals surface area contributed by atoms with Crippen LogP contribution in [-0.2, 0) is 0 Å². The molecule has 0 saturated carbocycles. The first-order valence-corrected chi connectivity index (χ1v) is 9.58. The van der Waals surface area contributed by atoms with Crippen molar-refractivity contribution in [3.05, 3.63) is 17.2 Å². The fraction of sp³-hybridized carbons (Fsp3) is 0.611. The Bertz CT molecular complexity index is 883. The quantitative estimate of drug-likeness (QED) is 0.473. The van der Waals surface area contributed by atoms with Gasteiger partial charge in [0, 0.05) is 6.20 Å². The molecule has 3 rings (SSSR count). The lowest BCUT2D eigenvalue weighted by molar-refractivity contribution is -0.153. The van der Waals surface area contributed by atoms with Crippen LogP contribution in [0.25, 0.3) is 10.9 Å². The average Bonchev–Trinajstić information content (AvgIpc) is 3.01. The fourth-order valence-corrected chi connectivity index (χ4v) is 3.76. The lowest BCUT2D eigenvalue weighted by atomic mass is 9.92. The number of rotatable bonds is 7. The minimum atomic E-state index is -4.59. The Labute approximate surface area is 170 Å². The zero-order chi connectivity index (χ0) is 21.2. The van der Waals surface area contributed by atoms with Gasteiger partial charge >= 0.3 is 12.2 Å². The van der Waals surface area contributed by atoms with Gasteiger partial charge in [-0.2, -0.15) is 23.1 Å². The van der Waals surface area contributed by atoms with Crippen LogP contribution in [0, 0.1) is 5.82 Å². The number of aromatic nitrogens is 3. The monoisotopic (exact) mass is 436 g/mol. The van der Waals surface area contributed by atoms with Crippen LogP contribution < -0.4 is 9.47 Å². The first-order chi connectivity index (χ1) is 13.6. The highest BCUT2D eigenvalue weighted by molar-refractivity contribution is 6.30. The molecule has 0 radical (unpaired) electrons. The van der Waals surface area contributed by atoms with Gasteiger partial charge in [-0.25, -0.2) is 9.37 Å². The summed E-state index contributed by atoms with van der Waals surface area (Å²) in [7, 11) is 2.00. The van der Waals surface area contributed by atoms with E-state index in [-0.39, 0.29) is 29.1 Å². The Morgan fingerprint density at radius 3 is 2.66 bits per heavy atom. The predicted octanol–water partition coefficient (Wildman–Crippen LogP) is 4.40. The second-order valence-corrected chi connectivity index (χ2v) is 7.49. The molecule has 0 bridgehead atoms. The van der Waals surface area contributed by atoms with Crippen LogP contribution >= 0.6 is 11.6 Å². The molecule has 0 aromatic carbocycles. The standard InChI is InChI=1S/C18H21ClF4N4O2/c1-3-5-17(6-4-7-27(17)2)9-29-16-25-13-11(8-24-14(19)12(13)20)15(26-16)28-10-18(21,22)23/h8H,3-7,9-10H2,1-2H3. The second kappa shape index (κ2) is 8.43. The molecule has 1 saturated heterocycles. The van der Waals surface area contributed by atoms with Gasteiger partial charge in [-0.05, 0) is 32.9 Å². The number of alkyl halides is 3. The summed E-state index contributed by atoms with van der Waals surface area (Å²) in [5.41, 5.74) is -0.536. The summed E-state index contributed by atoms with van der Waals surface area (Å²) in [6, 6.07) is -0.272. The summed E-state index contributed by atoms with van der Waals surface area (Å²) in [6.07, 6.45) is 0.204. The third kappa shape index (κ3) is 4.80. The third-order valence-corrected chi connectivity index (χ3v) is 5.35. The van der Waals surface area contributed by atoms with Crippen LogP contribution in [0.2, 0.25) is 5.15 Å². The molecule has 160 valence electrons. The number of hydrogen-bond donors (Lipinski definition) is 0. The smallest absolute Gasteiger partial charge is 0.422 e. The van der Waals surface area contributed by atoms with Gasteiger partial charge in [0.15, 0.2) is 17.6 Å². The minimum absolute atomic E-state index is 0.121. The molecule has 29 heavy (non-hydrogen) atoms. The molecule has 0 spiro atoms. The largest absolute Gasteiger partial charge is 0.467 e. The average molecular weight is 437 g/mol. The van der Waals surface area contributed by atoms with E-state index >= 15 is 0 Å². The van der Waals surface area contributed by atoms with E-state index in [1.807, 2.05) is 7.05 Å². The topological polar surface area (TPSA) is 60.4 Å². The Morgan fingerprint density at radius 1 is 1.28 bits per heavy atom. The predicted molar refractivity (Wildman–Crippen MR) is 98.8 cm³/mol. The van der Waals surface area contributed by atoms with Crippen molar-refractivity contribution in [1.82, 2.24) is 19.9 Å². The number of nitrogens with zero attached hydrogens (tertiary/aromatic N) is 4. The van der Waals surface area contributed by atoms with Crippen LogP contribution in [0.5, 0.6) is 11.9 Å². The van der Waals surface area contributed by atoms with Crippen LogP contribution in [-0.4, -0.2) is 58.4 Å². The molecule has 2 aromatic rings. The van der Waals surface area contributed by atoms with Crippen molar-refractivity contribution in [2.45, 2.75) is 44.3 Å². The maximum atomic E-state index is 14.4. The normalized spacial score (nSPS) is 20.4. The first-order valence-electron chi connectivity index (χ1n) is 9.20. The van der Waals surface area contributed by atoms with Gasteiger partial charge in [-0.1, -0.05) is 24.9 Å².